The summed E-state index contributed by atoms with van der Waals surface area (Å²) in [6.45, 7) is 1.89. The molecule has 0 radical (unpaired) electrons. The lowest BCUT2D eigenvalue weighted by Crippen LogP contribution is -2.18. The molecule has 0 aliphatic carbocycles. The fourth-order valence-electron chi connectivity index (χ4n) is 1.10. The number of rotatable bonds is 2. The van der Waals surface area contributed by atoms with E-state index >= 15 is 0 Å². The van der Waals surface area contributed by atoms with Crippen LogP contribution in [0.15, 0.2) is 18.2 Å². The van der Waals surface area contributed by atoms with E-state index in [1.807, 2.05) is 6.92 Å². The lowest BCUT2D eigenvalue weighted by Gasteiger charge is -2.07. The van der Waals surface area contributed by atoms with Crippen LogP contribution in [0.1, 0.15) is 12.5 Å². The lowest BCUT2D eigenvalue weighted by molar-refractivity contribution is 0.627. The van der Waals surface area contributed by atoms with E-state index in [0.717, 1.165) is 5.56 Å². The summed E-state index contributed by atoms with van der Waals surface area (Å²) in [5.74, 6) is -0.305. The van der Waals surface area contributed by atoms with E-state index < -0.39 is 0 Å². The van der Waals surface area contributed by atoms with Crippen molar-refractivity contribution < 1.29 is 4.39 Å². The van der Waals surface area contributed by atoms with Crippen molar-refractivity contribution in [2.45, 2.75) is 19.4 Å². The minimum Gasteiger partial charge on any atom is -0.398 e. The summed E-state index contributed by atoms with van der Waals surface area (Å²) >= 11 is 0. The van der Waals surface area contributed by atoms with Crippen molar-refractivity contribution in [1.29, 1.82) is 0 Å². The Morgan fingerprint density at radius 3 is 2.67 bits per heavy atom. The quantitative estimate of drug-likeness (QED) is 0.654. The molecule has 66 valence electrons. The van der Waals surface area contributed by atoms with Gasteiger partial charge >= 0.3 is 0 Å². The lowest BCUT2D eigenvalue weighted by atomic mass is 10.1. The first kappa shape index (κ1) is 9.00. The van der Waals surface area contributed by atoms with Gasteiger partial charge in [-0.05, 0) is 31.0 Å². The Bertz CT molecular complexity index is 271. The number of hydrogen-bond acceptors (Lipinski definition) is 2. The van der Waals surface area contributed by atoms with Crippen LogP contribution in [0.3, 0.4) is 0 Å². The molecule has 4 N–H and O–H groups in total. The Kier molecular flexibility index (Phi) is 2.65. The van der Waals surface area contributed by atoms with Crippen LogP contribution in [-0.4, -0.2) is 6.04 Å². The van der Waals surface area contributed by atoms with Gasteiger partial charge in [-0.3, -0.25) is 0 Å². The highest BCUT2D eigenvalue weighted by Gasteiger charge is 2.02. The zero-order valence-corrected chi connectivity index (χ0v) is 7.05. The standard InChI is InChI=1S/C9H13FN2/c1-6(11)4-7-2-3-8(10)5-9(7)12/h2-3,5-6H,4,11-12H2,1H3. The van der Waals surface area contributed by atoms with Crippen molar-refractivity contribution in [2.24, 2.45) is 5.73 Å². The van der Waals surface area contributed by atoms with Gasteiger partial charge in [0.05, 0.1) is 0 Å². The molecule has 1 aromatic carbocycles. The Morgan fingerprint density at radius 2 is 2.17 bits per heavy atom. The van der Waals surface area contributed by atoms with Crippen LogP contribution in [0.5, 0.6) is 0 Å². The SMILES string of the molecule is CC(N)Cc1ccc(F)cc1N. The van der Waals surface area contributed by atoms with Crippen molar-refractivity contribution in [1.82, 2.24) is 0 Å². The Balaban J connectivity index is 2.86. The van der Waals surface area contributed by atoms with E-state index in [1.54, 1.807) is 6.07 Å². The zero-order valence-electron chi connectivity index (χ0n) is 7.05. The zero-order chi connectivity index (χ0) is 9.14. The second kappa shape index (κ2) is 3.54. The molecule has 0 aromatic heterocycles. The van der Waals surface area contributed by atoms with Gasteiger partial charge in [0.15, 0.2) is 0 Å². The largest absolute Gasteiger partial charge is 0.398 e. The molecule has 12 heavy (non-hydrogen) atoms. The molecule has 3 heteroatoms. The van der Waals surface area contributed by atoms with Gasteiger partial charge in [-0.2, -0.15) is 0 Å². The van der Waals surface area contributed by atoms with Crippen molar-refractivity contribution >= 4 is 5.69 Å². The molecule has 0 bridgehead atoms. The molecule has 0 spiro atoms. The normalized spacial score (nSPS) is 12.9. The van der Waals surface area contributed by atoms with Gasteiger partial charge in [0.1, 0.15) is 5.82 Å². The van der Waals surface area contributed by atoms with Crippen molar-refractivity contribution in [3.05, 3.63) is 29.6 Å². The van der Waals surface area contributed by atoms with Gasteiger partial charge in [0, 0.05) is 11.7 Å². The predicted molar refractivity (Wildman–Crippen MR) is 48.2 cm³/mol. The highest BCUT2D eigenvalue weighted by molar-refractivity contribution is 5.47. The van der Waals surface area contributed by atoms with Crippen LogP contribution in [0.25, 0.3) is 0 Å². The molecule has 0 heterocycles. The first-order valence-electron chi connectivity index (χ1n) is 3.89. The summed E-state index contributed by atoms with van der Waals surface area (Å²) in [5, 5.41) is 0. The van der Waals surface area contributed by atoms with Gasteiger partial charge in [-0.25, -0.2) is 4.39 Å². The predicted octanol–water partition coefficient (Wildman–Crippen LogP) is 1.30. The number of anilines is 1. The number of nitrogens with two attached hydrogens (primary N) is 2. The summed E-state index contributed by atoms with van der Waals surface area (Å²) in [5.41, 5.74) is 12.5. The number of benzene rings is 1. The third-order valence-electron chi connectivity index (χ3n) is 1.65. The molecule has 0 saturated heterocycles. The van der Waals surface area contributed by atoms with Crippen LogP contribution in [-0.2, 0) is 6.42 Å². The average Bonchev–Trinajstić information content (AvgIpc) is 1.94. The first-order chi connectivity index (χ1) is 5.59. The maximum atomic E-state index is 12.6. The van der Waals surface area contributed by atoms with Gasteiger partial charge in [0.2, 0.25) is 0 Å². The number of nitrogen functional groups attached to an aromatic ring is 1. The molecule has 0 aliphatic heterocycles. The number of hydrogen-bond donors (Lipinski definition) is 2. The van der Waals surface area contributed by atoms with Crippen molar-refractivity contribution in [3.8, 4) is 0 Å². The molecular weight excluding hydrogens is 155 g/mol. The third-order valence-corrected chi connectivity index (χ3v) is 1.65. The third kappa shape index (κ3) is 2.20. The van der Waals surface area contributed by atoms with E-state index in [0.29, 0.717) is 12.1 Å². The van der Waals surface area contributed by atoms with E-state index in [-0.39, 0.29) is 11.9 Å². The molecule has 1 atom stereocenters. The summed E-state index contributed by atoms with van der Waals surface area (Å²) in [6.07, 6.45) is 0.687. The highest BCUT2D eigenvalue weighted by atomic mass is 19.1. The van der Waals surface area contributed by atoms with Crippen LogP contribution < -0.4 is 11.5 Å². The molecule has 2 nitrogen and oxygen atoms in total. The summed E-state index contributed by atoms with van der Waals surface area (Å²) < 4.78 is 12.6. The minimum atomic E-state index is -0.305. The fraction of sp³-hybridized carbons (Fsp3) is 0.333. The molecule has 0 fully saturated rings. The van der Waals surface area contributed by atoms with Gasteiger partial charge < -0.3 is 11.5 Å². The summed E-state index contributed by atoms with van der Waals surface area (Å²) in [7, 11) is 0. The van der Waals surface area contributed by atoms with Crippen LogP contribution in [0.4, 0.5) is 10.1 Å². The van der Waals surface area contributed by atoms with E-state index in [4.69, 9.17) is 11.5 Å². The van der Waals surface area contributed by atoms with Crippen LogP contribution >= 0.6 is 0 Å². The molecule has 1 unspecified atom stereocenters. The van der Waals surface area contributed by atoms with Crippen molar-refractivity contribution in [3.63, 3.8) is 0 Å². The molecule has 0 saturated carbocycles. The highest BCUT2D eigenvalue weighted by Crippen LogP contribution is 2.14. The smallest absolute Gasteiger partial charge is 0.125 e. The molecule has 0 amide bonds. The van der Waals surface area contributed by atoms with Gasteiger partial charge in [-0.1, -0.05) is 6.07 Å². The molecule has 1 rings (SSSR count). The van der Waals surface area contributed by atoms with Gasteiger partial charge in [0.25, 0.3) is 0 Å². The maximum Gasteiger partial charge on any atom is 0.125 e. The molecule has 0 aliphatic rings. The van der Waals surface area contributed by atoms with Crippen molar-refractivity contribution in [2.75, 3.05) is 5.73 Å². The molecule has 1 aromatic rings. The van der Waals surface area contributed by atoms with Gasteiger partial charge in [-0.15, -0.1) is 0 Å². The monoisotopic (exact) mass is 168 g/mol. The summed E-state index contributed by atoms with van der Waals surface area (Å²) in [6, 6.07) is 4.44. The first-order valence-corrected chi connectivity index (χ1v) is 3.89. The van der Waals surface area contributed by atoms with Crippen LogP contribution in [0.2, 0.25) is 0 Å². The maximum absolute atomic E-state index is 12.6. The average molecular weight is 168 g/mol. The van der Waals surface area contributed by atoms with Crippen LogP contribution in [0, 0.1) is 5.82 Å². The Labute approximate surface area is 71.4 Å². The minimum absolute atomic E-state index is 0.0535. The Hall–Kier alpha value is -1.09. The Morgan fingerprint density at radius 1 is 1.50 bits per heavy atom. The van der Waals surface area contributed by atoms with E-state index in [1.165, 1.54) is 12.1 Å². The fourth-order valence-corrected chi connectivity index (χ4v) is 1.10. The summed E-state index contributed by atoms with van der Waals surface area (Å²) in [4.78, 5) is 0. The second-order valence-electron chi connectivity index (χ2n) is 3.02. The van der Waals surface area contributed by atoms with E-state index in [9.17, 15) is 4.39 Å². The van der Waals surface area contributed by atoms with E-state index in [2.05, 4.69) is 0 Å². The molecular formula is C9H13FN2. The second-order valence-corrected chi connectivity index (χ2v) is 3.02. The topological polar surface area (TPSA) is 52.0 Å². The number of halogens is 1.